The van der Waals surface area contributed by atoms with E-state index in [9.17, 15) is 14.9 Å². The van der Waals surface area contributed by atoms with Crippen molar-refractivity contribution in [1.29, 1.82) is 0 Å². The molecule has 0 aliphatic rings. The van der Waals surface area contributed by atoms with E-state index in [1.165, 1.54) is 29.3 Å². The Labute approximate surface area is 149 Å². The van der Waals surface area contributed by atoms with E-state index in [-0.39, 0.29) is 22.2 Å². The Morgan fingerprint density at radius 2 is 2.08 bits per heavy atom. The van der Waals surface area contributed by atoms with E-state index in [4.69, 9.17) is 11.6 Å². The van der Waals surface area contributed by atoms with Crippen LogP contribution in [0.25, 0.3) is 0 Å². The molecule has 0 bridgehead atoms. The van der Waals surface area contributed by atoms with Crippen molar-refractivity contribution in [1.82, 2.24) is 5.32 Å². The Balaban J connectivity index is 1.79. The highest BCUT2D eigenvalue weighted by Gasteiger charge is 2.15. The molecule has 0 saturated heterocycles. The van der Waals surface area contributed by atoms with Gasteiger partial charge in [0.2, 0.25) is 0 Å². The molecule has 0 aromatic heterocycles. The Morgan fingerprint density at radius 1 is 1.29 bits per heavy atom. The third-order valence-corrected chi connectivity index (χ3v) is 4.64. The molecular weight excluding hydrogens is 348 g/mol. The highest BCUT2D eigenvalue weighted by atomic mass is 35.5. The van der Waals surface area contributed by atoms with Gasteiger partial charge in [-0.1, -0.05) is 41.4 Å². The fraction of sp³-hybridized carbons (Fsp3) is 0.235. The molecule has 0 atom stereocenters. The second-order valence-corrected chi connectivity index (χ2v) is 6.73. The molecule has 126 valence electrons. The number of rotatable bonds is 7. The minimum atomic E-state index is -0.600. The molecule has 0 fully saturated rings. The molecule has 0 spiro atoms. The lowest BCUT2D eigenvalue weighted by Crippen LogP contribution is -2.25. The molecule has 0 radical (unpaired) electrons. The first kappa shape index (κ1) is 18.3. The predicted molar refractivity (Wildman–Crippen MR) is 97.8 cm³/mol. The first-order chi connectivity index (χ1) is 11.5. The molecule has 0 saturated carbocycles. The van der Waals surface area contributed by atoms with Crippen LogP contribution in [-0.4, -0.2) is 23.1 Å². The quantitative estimate of drug-likeness (QED) is 0.453. The highest BCUT2D eigenvalue weighted by molar-refractivity contribution is 7.98. The van der Waals surface area contributed by atoms with Crippen molar-refractivity contribution in [2.45, 2.75) is 12.7 Å². The summed E-state index contributed by atoms with van der Waals surface area (Å²) in [7, 11) is 0. The van der Waals surface area contributed by atoms with Gasteiger partial charge in [-0.25, -0.2) is 0 Å². The van der Waals surface area contributed by atoms with E-state index in [0.717, 1.165) is 11.5 Å². The molecule has 0 aliphatic carbocycles. The van der Waals surface area contributed by atoms with Gasteiger partial charge in [-0.2, -0.15) is 11.8 Å². The lowest BCUT2D eigenvalue weighted by Gasteiger charge is -2.06. The van der Waals surface area contributed by atoms with Crippen molar-refractivity contribution in [2.24, 2.45) is 0 Å². The number of nitrogens with zero attached hydrogens (tertiary/aromatic N) is 1. The van der Waals surface area contributed by atoms with Gasteiger partial charge in [0.15, 0.2) is 0 Å². The molecule has 2 aromatic rings. The molecule has 1 N–H and O–H groups in total. The highest BCUT2D eigenvalue weighted by Crippen LogP contribution is 2.25. The Kier molecular flexibility index (Phi) is 6.63. The molecule has 0 heterocycles. The third-order valence-electron chi connectivity index (χ3n) is 3.29. The zero-order valence-electron chi connectivity index (χ0n) is 13.1. The smallest absolute Gasteiger partial charge is 0.288 e. The summed E-state index contributed by atoms with van der Waals surface area (Å²) < 4.78 is 0. The van der Waals surface area contributed by atoms with Crippen LogP contribution in [0.3, 0.4) is 0 Å². The first-order valence-electron chi connectivity index (χ1n) is 7.33. The van der Waals surface area contributed by atoms with E-state index in [0.29, 0.717) is 6.54 Å². The van der Waals surface area contributed by atoms with Gasteiger partial charge < -0.3 is 5.32 Å². The Bertz CT molecular complexity index is 752. The average molecular weight is 365 g/mol. The van der Waals surface area contributed by atoms with Crippen molar-refractivity contribution in [3.05, 3.63) is 74.3 Å². The van der Waals surface area contributed by atoms with Gasteiger partial charge in [-0.3, -0.25) is 14.9 Å². The molecule has 0 aliphatic heterocycles. The summed E-state index contributed by atoms with van der Waals surface area (Å²) >= 11 is 7.45. The van der Waals surface area contributed by atoms with Crippen LogP contribution < -0.4 is 5.32 Å². The van der Waals surface area contributed by atoms with Crippen LogP contribution in [0.2, 0.25) is 5.02 Å². The number of nitro benzene ring substituents is 1. The molecule has 2 aromatic carbocycles. The number of halogens is 1. The maximum absolute atomic E-state index is 12.0. The number of benzene rings is 2. The van der Waals surface area contributed by atoms with Crippen LogP contribution in [0.15, 0.2) is 42.5 Å². The van der Waals surface area contributed by atoms with Crippen LogP contribution in [0.5, 0.6) is 0 Å². The van der Waals surface area contributed by atoms with Gasteiger partial charge in [0.05, 0.1) is 4.92 Å². The van der Waals surface area contributed by atoms with E-state index < -0.39 is 4.92 Å². The SMILES string of the molecule is Cc1cccc(CSCCNC(=O)c2ccc(Cl)c([N+](=O)[O-])c2)c1. The van der Waals surface area contributed by atoms with Gasteiger partial charge in [-0.05, 0) is 24.6 Å². The summed E-state index contributed by atoms with van der Waals surface area (Å²) in [5, 5.41) is 13.6. The molecule has 7 heteroatoms. The fourth-order valence-electron chi connectivity index (χ4n) is 2.12. The summed E-state index contributed by atoms with van der Waals surface area (Å²) in [4.78, 5) is 22.3. The van der Waals surface area contributed by atoms with Crippen LogP contribution in [-0.2, 0) is 5.75 Å². The van der Waals surface area contributed by atoms with Crippen LogP contribution >= 0.6 is 23.4 Å². The minimum absolute atomic E-state index is 0.0188. The van der Waals surface area contributed by atoms with E-state index in [2.05, 4.69) is 30.4 Å². The molecular formula is C17H17ClN2O3S. The number of thioether (sulfide) groups is 1. The van der Waals surface area contributed by atoms with E-state index >= 15 is 0 Å². The second-order valence-electron chi connectivity index (χ2n) is 5.22. The predicted octanol–water partition coefficient (Wildman–Crippen LogP) is 4.22. The summed E-state index contributed by atoms with van der Waals surface area (Å²) in [6, 6.07) is 12.3. The van der Waals surface area contributed by atoms with Crippen molar-refractivity contribution in [3.63, 3.8) is 0 Å². The summed E-state index contributed by atoms with van der Waals surface area (Å²) in [5.41, 5.74) is 2.44. The van der Waals surface area contributed by atoms with Crippen molar-refractivity contribution >= 4 is 35.0 Å². The molecule has 5 nitrogen and oxygen atoms in total. The second kappa shape index (κ2) is 8.70. The first-order valence-corrected chi connectivity index (χ1v) is 8.86. The number of amides is 1. The van der Waals surface area contributed by atoms with E-state index in [1.54, 1.807) is 11.8 Å². The van der Waals surface area contributed by atoms with Gasteiger partial charge in [0, 0.05) is 29.7 Å². The zero-order chi connectivity index (χ0) is 17.5. The standard InChI is InChI=1S/C17H17ClN2O3S/c1-12-3-2-4-13(9-12)11-24-8-7-19-17(21)14-5-6-15(18)16(10-14)20(22)23/h2-6,9-10H,7-8,11H2,1H3,(H,19,21). The molecule has 0 unspecified atom stereocenters. The van der Waals surface area contributed by atoms with Crippen LogP contribution in [0, 0.1) is 17.0 Å². The maximum atomic E-state index is 12.0. The van der Waals surface area contributed by atoms with Crippen molar-refractivity contribution in [3.8, 4) is 0 Å². The Morgan fingerprint density at radius 3 is 2.79 bits per heavy atom. The van der Waals surface area contributed by atoms with Crippen molar-refractivity contribution < 1.29 is 9.72 Å². The fourth-order valence-corrected chi connectivity index (χ4v) is 3.12. The third kappa shape index (κ3) is 5.25. The zero-order valence-corrected chi connectivity index (χ0v) is 14.7. The van der Waals surface area contributed by atoms with Crippen LogP contribution in [0.4, 0.5) is 5.69 Å². The number of carbonyl (C=O) groups is 1. The molecule has 1 amide bonds. The lowest BCUT2D eigenvalue weighted by atomic mass is 10.2. The minimum Gasteiger partial charge on any atom is -0.351 e. The van der Waals surface area contributed by atoms with E-state index in [1.807, 2.05) is 6.07 Å². The summed E-state index contributed by atoms with van der Waals surface area (Å²) in [6.45, 7) is 2.55. The largest absolute Gasteiger partial charge is 0.351 e. The number of carbonyl (C=O) groups excluding carboxylic acids is 1. The topological polar surface area (TPSA) is 72.2 Å². The molecule has 2 rings (SSSR count). The lowest BCUT2D eigenvalue weighted by molar-refractivity contribution is -0.384. The number of aryl methyl sites for hydroxylation is 1. The van der Waals surface area contributed by atoms with Gasteiger partial charge in [0.25, 0.3) is 11.6 Å². The van der Waals surface area contributed by atoms with Crippen molar-refractivity contribution in [2.75, 3.05) is 12.3 Å². The summed E-state index contributed by atoms with van der Waals surface area (Å²) in [5.74, 6) is 1.30. The average Bonchev–Trinajstić information content (AvgIpc) is 2.54. The normalized spacial score (nSPS) is 10.4. The van der Waals surface area contributed by atoms with Crippen LogP contribution in [0.1, 0.15) is 21.5 Å². The number of hydrogen-bond acceptors (Lipinski definition) is 4. The van der Waals surface area contributed by atoms with Gasteiger partial charge in [-0.15, -0.1) is 0 Å². The Hall–Kier alpha value is -2.05. The summed E-state index contributed by atoms with van der Waals surface area (Å²) in [6.07, 6.45) is 0. The van der Waals surface area contributed by atoms with Gasteiger partial charge in [0.1, 0.15) is 5.02 Å². The number of hydrogen-bond donors (Lipinski definition) is 1. The number of nitrogens with one attached hydrogen (secondary N) is 1. The number of nitro groups is 1. The molecule has 24 heavy (non-hydrogen) atoms. The monoisotopic (exact) mass is 364 g/mol. The maximum Gasteiger partial charge on any atom is 0.288 e. The van der Waals surface area contributed by atoms with Gasteiger partial charge >= 0.3 is 0 Å².